The molecule has 2 N–H and O–H groups in total. The number of carbonyl (C=O) groups is 3. The first-order valence-corrected chi connectivity index (χ1v) is 14.2. The molecule has 0 aromatic heterocycles. The second kappa shape index (κ2) is 13.8. The maximum atomic E-state index is 13.2. The van der Waals surface area contributed by atoms with Crippen LogP contribution in [0.25, 0.3) is 11.1 Å². The normalized spacial score (nSPS) is 12.8. The fourth-order valence-electron chi connectivity index (χ4n) is 4.89. The molecule has 3 aromatic carbocycles. The largest absolute Gasteiger partial charge is 0.481 e. The van der Waals surface area contributed by atoms with Gasteiger partial charge >= 0.3 is 5.97 Å². The number of amides is 2. The number of hydrogen-bond acceptors (Lipinski definition) is 4. The van der Waals surface area contributed by atoms with Gasteiger partial charge < -0.3 is 20.2 Å². The van der Waals surface area contributed by atoms with E-state index in [2.05, 4.69) is 36.3 Å². The minimum atomic E-state index is -0.944. The Morgan fingerprint density at radius 1 is 0.925 bits per heavy atom. The zero-order chi connectivity index (χ0) is 28.5. The lowest BCUT2D eigenvalue weighted by Crippen LogP contribution is -2.32. The molecular weight excluding hydrogens is 502 g/mol. The molecule has 7 nitrogen and oxygen atoms in total. The number of nitrogens with one attached hydrogen (secondary N) is 1. The molecule has 3 aromatic rings. The van der Waals surface area contributed by atoms with E-state index < -0.39 is 5.97 Å². The molecule has 4 rings (SSSR count). The molecule has 1 saturated carbocycles. The summed E-state index contributed by atoms with van der Waals surface area (Å²) in [4.78, 5) is 41.2. The second-order valence-electron chi connectivity index (χ2n) is 10.6. The van der Waals surface area contributed by atoms with Gasteiger partial charge in [0.2, 0.25) is 5.91 Å². The third kappa shape index (κ3) is 7.50. The molecule has 0 atom stereocenters. The Kier molecular flexibility index (Phi) is 9.95. The van der Waals surface area contributed by atoms with Crippen molar-refractivity contribution < 1.29 is 19.5 Å². The Labute approximate surface area is 236 Å². The monoisotopic (exact) mass is 541 g/mol. The van der Waals surface area contributed by atoms with Crippen molar-refractivity contribution in [1.29, 1.82) is 0 Å². The molecule has 0 saturated heterocycles. The van der Waals surface area contributed by atoms with Crippen molar-refractivity contribution in [3.63, 3.8) is 0 Å². The summed E-state index contributed by atoms with van der Waals surface area (Å²) < 4.78 is 0. The van der Waals surface area contributed by atoms with Crippen LogP contribution in [0, 0.1) is 5.92 Å². The molecule has 0 unspecified atom stereocenters. The number of rotatable bonds is 13. The van der Waals surface area contributed by atoms with E-state index >= 15 is 0 Å². The van der Waals surface area contributed by atoms with Gasteiger partial charge in [-0.3, -0.25) is 14.4 Å². The van der Waals surface area contributed by atoms with Gasteiger partial charge in [0.15, 0.2) is 0 Å². The zero-order valence-corrected chi connectivity index (χ0v) is 23.4. The molecule has 1 aliphatic carbocycles. The van der Waals surface area contributed by atoms with E-state index in [9.17, 15) is 19.5 Å². The summed E-state index contributed by atoms with van der Waals surface area (Å²) >= 11 is 0. The van der Waals surface area contributed by atoms with Crippen molar-refractivity contribution in [2.24, 2.45) is 5.92 Å². The van der Waals surface area contributed by atoms with Crippen LogP contribution in [0.4, 0.5) is 11.4 Å². The number of nitrogens with zero attached hydrogens (tertiary/aromatic N) is 2. The molecule has 1 fully saturated rings. The molecule has 0 spiro atoms. The maximum absolute atomic E-state index is 13.2. The number of benzene rings is 3. The van der Waals surface area contributed by atoms with Gasteiger partial charge in [-0.05, 0) is 66.3 Å². The summed E-state index contributed by atoms with van der Waals surface area (Å²) in [6.07, 6.45) is 5.01. The van der Waals surface area contributed by atoms with Crippen LogP contribution >= 0.6 is 0 Å². The molecule has 0 aliphatic heterocycles. The van der Waals surface area contributed by atoms with E-state index in [1.165, 1.54) is 0 Å². The first kappa shape index (κ1) is 28.9. The van der Waals surface area contributed by atoms with Gasteiger partial charge in [-0.1, -0.05) is 62.2 Å². The Morgan fingerprint density at radius 2 is 1.68 bits per heavy atom. The van der Waals surface area contributed by atoms with Crippen LogP contribution in [-0.4, -0.2) is 47.9 Å². The number of carbonyl (C=O) groups excluding carboxylic acids is 2. The van der Waals surface area contributed by atoms with Gasteiger partial charge in [0.25, 0.3) is 5.91 Å². The molecular formula is C33H39N3O4. The topological polar surface area (TPSA) is 89.9 Å². The highest BCUT2D eigenvalue weighted by molar-refractivity contribution is 5.97. The van der Waals surface area contributed by atoms with Crippen molar-refractivity contribution in [2.75, 3.05) is 30.4 Å². The van der Waals surface area contributed by atoms with Gasteiger partial charge in [0, 0.05) is 38.2 Å². The molecule has 0 radical (unpaired) electrons. The quantitative estimate of drug-likeness (QED) is 0.260. The lowest BCUT2D eigenvalue weighted by molar-refractivity contribution is -0.137. The smallest absolute Gasteiger partial charge is 0.305 e. The van der Waals surface area contributed by atoms with E-state index in [0.29, 0.717) is 5.56 Å². The molecule has 0 heterocycles. The minimum absolute atomic E-state index is 0.0794. The van der Waals surface area contributed by atoms with Gasteiger partial charge in [-0.25, -0.2) is 0 Å². The fraction of sp³-hybridized carbons (Fsp3) is 0.364. The van der Waals surface area contributed by atoms with Crippen LogP contribution in [0.2, 0.25) is 0 Å². The van der Waals surface area contributed by atoms with E-state index in [1.54, 1.807) is 29.2 Å². The van der Waals surface area contributed by atoms with Crippen LogP contribution in [-0.2, 0) is 16.1 Å². The number of aliphatic carboxylic acids is 1. The highest BCUT2D eigenvalue weighted by Gasteiger charge is 2.26. The van der Waals surface area contributed by atoms with Crippen molar-refractivity contribution in [2.45, 2.75) is 52.0 Å². The highest BCUT2D eigenvalue weighted by Crippen LogP contribution is 2.34. The third-order valence-electron chi connectivity index (χ3n) is 7.53. The summed E-state index contributed by atoms with van der Waals surface area (Å²) in [7, 11) is 2.06. The highest BCUT2D eigenvalue weighted by atomic mass is 16.4. The van der Waals surface area contributed by atoms with Gasteiger partial charge in [0.1, 0.15) is 0 Å². The van der Waals surface area contributed by atoms with Gasteiger partial charge in [-0.15, -0.1) is 0 Å². The fourth-order valence-corrected chi connectivity index (χ4v) is 4.89. The molecule has 40 heavy (non-hydrogen) atoms. The minimum Gasteiger partial charge on any atom is -0.481 e. The van der Waals surface area contributed by atoms with E-state index in [-0.39, 0.29) is 37.2 Å². The van der Waals surface area contributed by atoms with Crippen molar-refractivity contribution in [3.8, 4) is 11.1 Å². The Hall–Kier alpha value is -4.13. The summed E-state index contributed by atoms with van der Waals surface area (Å²) in [5, 5.41) is 12.5. The first-order chi connectivity index (χ1) is 19.4. The summed E-state index contributed by atoms with van der Waals surface area (Å²) in [5.74, 6) is -0.983. The summed E-state index contributed by atoms with van der Waals surface area (Å²) in [5.41, 5.74) is 5.15. The van der Waals surface area contributed by atoms with Gasteiger partial charge in [0.05, 0.1) is 17.8 Å². The van der Waals surface area contributed by atoms with Crippen molar-refractivity contribution >= 4 is 29.2 Å². The van der Waals surface area contributed by atoms with Crippen molar-refractivity contribution in [1.82, 2.24) is 4.90 Å². The standard InChI is InChI=1S/C33H39N3O4/c1-3-4-19-35(2)30-17-16-28(22-29(30)34-32(39)25-13-9-14-25)27-15-8-10-24(21-27)23-36(20-18-31(37)38)33(40)26-11-6-5-7-12-26/h5-8,10-12,15-17,21-22,25H,3-4,9,13-14,18-20,23H2,1-2H3,(H,34,39)(H,37,38). The third-order valence-corrected chi connectivity index (χ3v) is 7.53. The van der Waals surface area contributed by atoms with Crippen LogP contribution in [0.15, 0.2) is 72.8 Å². The Bertz CT molecular complexity index is 1320. The van der Waals surface area contributed by atoms with Gasteiger partial charge in [-0.2, -0.15) is 0 Å². The lowest BCUT2D eigenvalue weighted by atomic mass is 9.85. The zero-order valence-electron chi connectivity index (χ0n) is 23.4. The Morgan fingerprint density at radius 3 is 2.35 bits per heavy atom. The van der Waals surface area contributed by atoms with E-state index in [0.717, 1.165) is 66.7 Å². The number of carboxylic acid groups (broad SMARTS) is 1. The average molecular weight is 542 g/mol. The molecule has 7 heteroatoms. The number of carboxylic acids is 1. The molecule has 0 bridgehead atoms. The average Bonchev–Trinajstić information content (AvgIpc) is 2.93. The van der Waals surface area contributed by atoms with E-state index in [1.807, 2.05) is 36.4 Å². The van der Waals surface area contributed by atoms with Crippen molar-refractivity contribution in [3.05, 3.63) is 83.9 Å². The summed E-state index contributed by atoms with van der Waals surface area (Å²) in [6, 6.07) is 23.0. The predicted octanol–water partition coefficient (Wildman–Crippen LogP) is 6.45. The van der Waals surface area contributed by atoms with Crippen LogP contribution in [0.1, 0.15) is 61.4 Å². The number of hydrogen-bond donors (Lipinski definition) is 2. The number of unbranched alkanes of at least 4 members (excludes halogenated alkanes) is 1. The maximum Gasteiger partial charge on any atom is 0.305 e. The Balaban J connectivity index is 1.60. The SMILES string of the molecule is CCCCN(C)c1ccc(-c2cccc(CN(CCC(=O)O)C(=O)c3ccccc3)c2)cc1NC(=O)C1CCC1. The van der Waals surface area contributed by atoms with Crippen LogP contribution in [0.5, 0.6) is 0 Å². The van der Waals surface area contributed by atoms with E-state index in [4.69, 9.17) is 0 Å². The molecule has 1 aliphatic rings. The van der Waals surface area contributed by atoms with Crippen LogP contribution < -0.4 is 10.2 Å². The number of anilines is 2. The second-order valence-corrected chi connectivity index (χ2v) is 10.6. The molecule has 210 valence electrons. The summed E-state index contributed by atoms with van der Waals surface area (Å²) in [6.45, 7) is 3.47. The van der Waals surface area contributed by atoms with Crippen LogP contribution in [0.3, 0.4) is 0 Å². The molecule has 2 amide bonds. The predicted molar refractivity (Wildman–Crippen MR) is 159 cm³/mol. The lowest BCUT2D eigenvalue weighted by Gasteiger charge is -2.27. The first-order valence-electron chi connectivity index (χ1n) is 14.2.